The van der Waals surface area contributed by atoms with Crippen molar-refractivity contribution >= 4 is 22.7 Å². The highest BCUT2D eigenvalue weighted by Gasteiger charge is 2.12. The molecule has 0 N–H and O–H groups in total. The van der Waals surface area contributed by atoms with Gasteiger partial charge < -0.3 is 9.80 Å². The van der Waals surface area contributed by atoms with E-state index >= 15 is 0 Å². The maximum absolute atomic E-state index is 4.02. The Morgan fingerprint density at radius 3 is 1.62 bits per heavy atom. The fourth-order valence-corrected chi connectivity index (χ4v) is 4.43. The lowest BCUT2D eigenvalue weighted by atomic mass is 10.0. The first-order valence-electron chi connectivity index (χ1n) is 13.3. The standard InChI is InChI=1S/C37H36N2/c1-5-15-33(7-3)38(29-14-16-30(4)6-2)34-25-21-31(22-26-34)32-23-27-37(28-24-32)39(35-17-10-8-11-18-35)36-19-12-9-13-20-36/h5-28H,1,3,29H2,2,4H3/b16-14-,30-6-,33-15+. The number of hydrogen-bond acceptors (Lipinski definition) is 2. The van der Waals surface area contributed by atoms with Crippen LogP contribution < -0.4 is 9.80 Å². The summed E-state index contributed by atoms with van der Waals surface area (Å²) in [5.74, 6) is 0. The van der Waals surface area contributed by atoms with Gasteiger partial charge in [-0.05, 0) is 85.7 Å². The molecule has 194 valence electrons. The van der Waals surface area contributed by atoms with E-state index in [2.05, 4.69) is 152 Å². The summed E-state index contributed by atoms with van der Waals surface area (Å²) in [5.41, 5.74) is 9.07. The fraction of sp³-hybridized carbons (Fsp3) is 0.0811. The lowest BCUT2D eigenvalue weighted by Crippen LogP contribution is -2.21. The number of para-hydroxylation sites is 2. The summed E-state index contributed by atoms with van der Waals surface area (Å²) in [5, 5.41) is 0. The van der Waals surface area contributed by atoms with Gasteiger partial charge in [0.25, 0.3) is 0 Å². The summed E-state index contributed by atoms with van der Waals surface area (Å²) in [6, 6.07) is 38.4. The molecule has 0 aliphatic rings. The number of rotatable bonds is 11. The molecule has 4 aromatic carbocycles. The number of anilines is 4. The van der Waals surface area contributed by atoms with Crippen molar-refractivity contribution < 1.29 is 0 Å². The summed E-state index contributed by atoms with van der Waals surface area (Å²) < 4.78 is 0. The van der Waals surface area contributed by atoms with Crippen molar-refractivity contribution in [2.45, 2.75) is 13.8 Å². The molecular formula is C37H36N2. The molecule has 2 nitrogen and oxygen atoms in total. The largest absolute Gasteiger partial charge is 0.338 e. The van der Waals surface area contributed by atoms with Gasteiger partial charge in [-0.15, -0.1) is 0 Å². The van der Waals surface area contributed by atoms with Crippen molar-refractivity contribution in [2.24, 2.45) is 0 Å². The minimum absolute atomic E-state index is 0.736. The first-order chi connectivity index (χ1) is 19.1. The van der Waals surface area contributed by atoms with Gasteiger partial charge in [-0.3, -0.25) is 0 Å². The average Bonchev–Trinajstić information content (AvgIpc) is 3.00. The first-order valence-corrected chi connectivity index (χ1v) is 13.3. The summed E-state index contributed by atoms with van der Waals surface area (Å²) in [6.45, 7) is 12.8. The quantitative estimate of drug-likeness (QED) is 0.186. The van der Waals surface area contributed by atoms with E-state index in [1.807, 2.05) is 24.3 Å². The summed E-state index contributed by atoms with van der Waals surface area (Å²) in [7, 11) is 0. The van der Waals surface area contributed by atoms with Crippen LogP contribution in [0.25, 0.3) is 11.1 Å². The monoisotopic (exact) mass is 508 g/mol. The molecule has 4 aromatic rings. The molecule has 0 saturated carbocycles. The molecule has 0 aromatic heterocycles. The normalized spacial score (nSPS) is 11.8. The lowest BCUT2D eigenvalue weighted by Gasteiger charge is -2.26. The summed E-state index contributed by atoms with van der Waals surface area (Å²) >= 11 is 0. The van der Waals surface area contributed by atoms with Gasteiger partial charge in [0.15, 0.2) is 0 Å². The van der Waals surface area contributed by atoms with Crippen LogP contribution >= 0.6 is 0 Å². The maximum atomic E-state index is 4.02. The molecule has 2 heteroatoms. The van der Waals surface area contributed by atoms with Gasteiger partial charge >= 0.3 is 0 Å². The predicted octanol–water partition coefficient (Wildman–Crippen LogP) is 10.4. The van der Waals surface area contributed by atoms with E-state index in [4.69, 9.17) is 0 Å². The van der Waals surface area contributed by atoms with Gasteiger partial charge in [-0.1, -0.05) is 104 Å². The Kier molecular flexibility index (Phi) is 9.52. The van der Waals surface area contributed by atoms with Crippen molar-refractivity contribution in [1.29, 1.82) is 0 Å². The second-order valence-electron chi connectivity index (χ2n) is 9.18. The van der Waals surface area contributed by atoms with Crippen LogP contribution in [0.4, 0.5) is 22.7 Å². The second kappa shape index (κ2) is 13.6. The molecule has 0 spiro atoms. The molecular weight excluding hydrogens is 472 g/mol. The summed E-state index contributed by atoms with van der Waals surface area (Å²) in [4.78, 5) is 4.51. The van der Waals surface area contributed by atoms with E-state index in [0.29, 0.717) is 0 Å². The van der Waals surface area contributed by atoms with E-state index < -0.39 is 0 Å². The van der Waals surface area contributed by atoms with Crippen molar-refractivity contribution in [3.05, 3.63) is 170 Å². The van der Waals surface area contributed by atoms with Crippen LogP contribution in [0, 0.1) is 0 Å². The molecule has 0 aliphatic heterocycles. The van der Waals surface area contributed by atoms with Crippen LogP contribution in [0.15, 0.2) is 170 Å². The van der Waals surface area contributed by atoms with Gasteiger partial charge in [-0.2, -0.15) is 0 Å². The zero-order chi connectivity index (χ0) is 27.5. The third-order valence-electron chi connectivity index (χ3n) is 6.60. The number of benzene rings is 4. The van der Waals surface area contributed by atoms with E-state index in [9.17, 15) is 0 Å². The minimum Gasteiger partial charge on any atom is -0.338 e. The number of hydrogen-bond donors (Lipinski definition) is 0. The Labute approximate surface area is 233 Å². The number of allylic oxidation sites excluding steroid dienone is 6. The summed E-state index contributed by atoms with van der Waals surface area (Å²) in [6.07, 6.45) is 12.1. The molecule has 0 bridgehead atoms. The minimum atomic E-state index is 0.736. The van der Waals surface area contributed by atoms with E-state index in [0.717, 1.165) is 35.0 Å². The fourth-order valence-electron chi connectivity index (χ4n) is 4.43. The molecule has 0 heterocycles. The van der Waals surface area contributed by atoms with Gasteiger partial charge in [0.05, 0.1) is 0 Å². The Balaban J connectivity index is 1.61. The van der Waals surface area contributed by atoms with E-state index in [1.54, 1.807) is 6.08 Å². The molecule has 0 atom stereocenters. The van der Waals surface area contributed by atoms with E-state index in [-0.39, 0.29) is 0 Å². The molecule has 4 rings (SSSR count). The second-order valence-corrected chi connectivity index (χ2v) is 9.18. The predicted molar refractivity (Wildman–Crippen MR) is 171 cm³/mol. The zero-order valence-electron chi connectivity index (χ0n) is 22.9. The Hall–Kier alpha value is -4.82. The topological polar surface area (TPSA) is 6.48 Å². The van der Waals surface area contributed by atoms with Gasteiger partial charge in [0, 0.05) is 35.0 Å². The maximum Gasteiger partial charge on any atom is 0.0462 e. The highest BCUT2D eigenvalue weighted by Crippen LogP contribution is 2.35. The lowest BCUT2D eigenvalue weighted by molar-refractivity contribution is 1.04. The average molecular weight is 509 g/mol. The Bertz CT molecular complexity index is 1400. The molecule has 0 amide bonds. The van der Waals surface area contributed by atoms with Crippen LogP contribution in [-0.4, -0.2) is 6.54 Å². The Morgan fingerprint density at radius 2 is 1.15 bits per heavy atom. The van der Waals surface area contributed by atoms with Crippen molar-refractivity contribution in [3.8, 4) is 11.1 Å². The first kappa shape index (κ1) is 27.2. The van der Waals surface area contributed by atoms with Crippen molar-refractivity contribution in [2.75, 3.05) is 16.3 Å². The molecule has 0 aliphatic carbocycles. The van der Waals surface area contributed by atoms with Crippen LogP contribution in [0.5, 0.6) is 0 Å². The van der Waals surface area contributed by atoms with Gasteiger partial charge in [-0.25, -0.2) is 0 Å². The zero-order valence-corrected chi connectivity index (χ0v) is 22.9. The highest BCUT2D eigenvalue weighted by molar-refractivity contribution is 5.78. The Morgan fingerprint density at radius 1 is 0.667 bits per heavy atom. The molecule has 39 heavy (non-hydrogen) atoms. The van der Waals surface area contributed by atoms with Gasteiger partial charge in [0.1, 0.15) is 0 Å². The van der Waals surface area contributed by atoms with Crippen molar-refractivity contribution in [1.82, 2.24) is 0 Å². The molecule has 0 unspecified atom stereocenters. The molecule has 0 fully saturated rings. The van der Waals surface area contributed by atoms with Crippen molar-refractivity contribution in [3.63, 3.8) is 0 Å². The van der Waals surface area contributed by atoms with Crippen LogP contribution in [0.2, 0.25) is 0 Å². The van der Waals surface area contributed by atoms with Crippen LogP contribution in [-0.2, 0) is 0 Å². The number of nitrogens with zero attached hydrogens (tertiary/aromatic N) is 2. The van der Waals surface area contributed by atoms with Gasteiger partial charge in [0.2, 0.25) is 0 Å². The molecule has 0 saturated heterocycles. The highest BCUT2D eigenvalue weighted by atomic mass is 15.1. The third kappa shape index (κ3) is 6.94. The molecule has 0 radical (unpaired) electrons. The van der Waals surface area contributed by atoms with Crippen LogP contribution in [0.3, 0.4) is 0 Å². The smallest absolute Gasteiger partial charge is 0.0462 e. The van der Waals surface area contributed by atoms with E-state index in [1.165, 1.54) is 16.7 Å². The SMILES string of the molecule is C=C/C=C(\C=C)N(C/C=C\C(C)=C/C)c1ccc(-c2ccc(N(c3ccccc3)c3ccccc3)cc2)cc1. The van der Waals surface area contributed by atoms with Crippen LogP contribution in [0.1, 0.15) is 13.8 Å². The third-order valence-corrected chi connectivity index (χ3v) is 6.60.